The Morgan fingerprint density at radius 2 is 0.879 bits per heavy atom. The summed E-state index contributed by atoms with van der Waals surface area (Å²) in [4.78, 5) is 54.1. The quantitative estimate of drug-likeness (QED) is 0.0260. The van der Waals surface area contributed by atoms with Crippen LogP contribution in [0.1, 0.15) is 156 Å². The van der Waals surface area contributed by atoms with Crippen LogP contribution in [0.4, 0.5) is 0 Å². The molecule has 0 amide bonds. The van der Waals surface area contributed by atoms with Crippen LogP contribution in [0.3, 0.4) is 0 Å². The number of fused-ring (bicyclic) bond motifs is 1. The minimum absolute atomic E-state index is 0.00161. The number of phosphoric acid groups is 3. The van der Waals surface area contributed by atoms with Gasteiger partial charge < -0.3 is 132 Å². The van der Waals surface area contributed by atoms with E-state index in [1.807, 2.05) is 83.1 Å². The van der Waals surface area contributed by atoms with Crippen molar-refractivity contribution < 1.29 is 150 Å². The van der Waals surface area contributed by atoms with Crippen molar-refractivity contribution in [3.8, 4) is 0 Å². The van der Waals surface area contributed by atoms with Crippen molar-refractivity contribution in [1.29, 1.82) is 0 Å². The molecule has 0 aromatic rings. The second kappa shape index (κ2) is 48.0. The molecular formula is C64H112B8N8O32P4-4. The number of nitrogens with two attached hydrogens (primary N) is 1. The van der Waals surface area contributed by atoms with Gasteiger partial charge in [-0.05, 0) is 167 Å². The van der Waals surface area contributed by atoms with Crippen molar-refractivity contribution in [2.24, 2.45) is 16.0 Å². The number of ether oxygens (including phenoxy) is 16. The lowest BCUT2D eigenvalue weighted by molar-refractivity contribution is -0.240. The van der Waals surface area contributed by atoms with Gasteiger partial charge in [-0.15, -0.1) is 0 Å². The number of rotatable bonds is 38. The number of nitrogens with zero attached hydrogens (tertiary/aromatic N) is 6. The summed E-state index contributed by atoms with van der Waals surface area (Å²) in [5.74, 6) is 0. The van der Waals surface area contributed by atoms with Crippen molar-refractivity contribution >= 4 is 94.0 Å². The van der Waals surface area contributed by atoms with Gasteiger partial charge in [0.25, 0.3) is 23.5 Å². The van der Waals surface area contributed by atoms with E-state index in [-0.39, 0.29) is 139 Å². The van der Waals surface area contributed by atoms with Crippen molar-refractivity contribution in [1.82, 2.24) is 5.09 Å². The number of aliphatic hydroxyl groups excluding tert-OH is 1. The first kappa shape index (κ1) is 105. The number of hydrogen-bond donors (Lipinski definition) is 3. The SMILES string of the molecule is [B][C@@H]1O[C@H](COC(C)C)[C@H](OP(=O)([O-])OC[C@H]2O[C@@H]([B])C[C@H]2OC(C)C)C1N=[N+]=[N-].[B][C@H]1C[C@@H](OC(C)C)[C@@H](CO)O1.[B][C@H]1C[C@@H](OC(C)C)[C@@H](COP(=O)([O-])O[C@@H]2C[C@H]([B])O[C@@]2(COC(C)C)N=[N+]=[N-])O1.[B][C@H]1C[C@@H](OC(C)C)[C@@H](COP(=O)([O-])O[C@@H]2C[C@H]([B])O[C@]2(N)COC(C)C)O1.[B][C@H]1C[C@H]2OP(=O)([O-])N[C@]2(COC(C)C)O1. The van der Waals surface area contributed by atoms with E-state index in [4.69, 9.17) is 192 Å². The van der Waals surface area contributed by atoms with E-state index in [0.717, 1.165) is 0 Å². The van der Waals surface area contributed by atoms with Crippen LogP contribution < -0.4 is 30.4 Å². The van der Waals surface area contributed by atoms with Crippen LogP contribution in [0.5, 0.6) is 0 Å². The fourth-order valence-corrected chi connectivity index (χ4v) is 17.1. The van der Waals surface area contributed by atoms with Gasteiger partial charge in [0.15, 0.2) is 17.2 Å². The summed E-state index contributed by atoms with van der Waals surface area (Å²) in [6, 6.07) is -6.33. The molecule has 0 spiro atoms. The maximum Gasteiger partial charge on any atom is 0.268 e. The Kier molecular flexibility index (Phi) is 43.6. The van der Waals surface area contributed by atoms with Crippen molar-refractivity contribution in [2.75, 3.05) is 52.9 Å². The van der Waals surface area contributed by atoms with Gasteiger partial charge in [0.1, 0.15) is 118 Å². The van der Waals surface area contributed by atoms with Gasteiger partial charge in [0.05, 0.1) is 132 Å². The molecule has 9 aliphatic heterocycles. The second-order valence-electron chi connectivity index (χ2n) is 30.9. The molecule has 29 atom stereocenters. The van der Waals surface area contributed by atoms with Gasteiger partial charge >= 0.3 is 0 Å². The van der Waals surface area contributed by atoms with E-state index in [1.165, 1.54) is 0 Å². The number of phosphoric ester groups is 3. The summed E-state index contributed by atoms with van der Waals surface area (Å²) in [5, 5.41) is 18.3. The largest absolute Gasteiger partial charge is 0.766 e. The van der Waals surface area contributed by atoms with Crippen molar-refractivity contribution in [2.45, 2.75) is 355 Å². The van der Waals surface area contributed by atoms with Gasteiger partial charge in [-0.1, -0.05) is 10.2 Å². The third kappa shape index (κ3) is 35.4. The Balaban J connectivity index is 0.000000267. The van der Waals surface area contributed by atoms with Crippen LogP contribution in [-0.2, 0) is 126 Å². The zero-order valence-electron chi connectivity index (χ0n) is 68.7. The van der Waals surface area contributed by atoms with Gasteiger partial charge in [0, 0.05) is 57.8 Å². The van der Waals surface area contributed by atoms with Crippen LogP contribution in [0.2, 0.25) is 0 Å². The molecule has 0 bridgehead atoms. The lowest BCUT2D eigenvalue weighted by atomic mass is 9.91. The van der Waals surface area contributed by atoms with Crippen molar-refractivity contribution in [3.05, 3.63) is 20.9 Å². The van der Waals surface area contributed by atoms with Crippen LogP contribution in [0.15, 0.2) is 10.2 Å². The number of aliphatic hydroxyl groups is 1. The number of nitrogens with one attached hydrogen (secondary N) is 1. The van der Waals surface area contributed by atoms with Gasteiger partial charge in [-0.25, -0.2) is 5.09 Å². The maximum atomic E-state index is 12.5. The van der Waals surface area contributed by atoms with Gasteiger partial charge in [-0.3, -0.25) is 24.0 Å². The van der Waals surface area contributed by atoms with E-state index in [1.54, 1.807) is 27.7 Å². The van der Waals surface area contributed by atoms with E-state index in [9.17, 15) is 37.8 Å². The molecule has 16 radical (unpaired) electrons. The molecule has 9 heterocycles. The van der Waals surface area contributed by atoms with Crippen LogP contribution >= 0.6 is 31.2 Å². The highest BCUT2D eigenvalue weighted by Gasteiger charge is 2.57. The first-order chi connectivity index (χ1) is 53.8. The molecule has 5 unspecified atom stereocenters. The smallest absolute Gasteiger partial charge is 0.268 e. The van der Waals surface area contributed by atoms with Gasteiger partial charge in [0.2, 0.25) is 7.75 Å². The highest BCUT2D eigenvalue weighted by atomic mass is 31.2. The minimum Gasteiger partial charge on any atom is -0.766 e. The highest BCUT2D eigenvalue weighted by molar-refractivity contribution is 7.49. The van der Waals surface area contributed by atoms with E-state index >= 15 is 0 Å². The first-order valence-electron chi connectivity index (χ1n) is 38.5. The lowest BCUT2D eigenvalue weighted by Gasteiger charge is -2.35. The minimum atomic E-state index is -4.85. The predicted octanol–water partition coefficient (Wildman–Crippen LogP) is 1.67. The average Bonchev–Trinajstić information content (AvgIpc) is 1.59. The molecule has 116 heavy (non-hydrogen) atoms. The fraction of sp³-hybridized carbons (Fsp3) is 1.00. The van der Waals surface area contributed by atoms with E-state index < -0.39 is 157 Å². The molecule has 4 N–H and O–H groups in total. The first-order valence-corrected chi connectivity index (χ1v) is 44.4. The molecule has 9 fully saturated rings. The third-order valence-corrected chi connectivity index (χ3v) is 21.8. The standard InChI is InChI=1S/2C16H28B2N3O8P.C16H30B2NO8P.C8H15BNO5P.C8H15BO3/c1-9(2)24-8-16(20-21-19)13(6-15(18)28-16)29-30(22,23)25-7-12-11(26-10(3)4)5-14(17)27-12;1-8(2)24-6-12-15(14(20-21-19)16(18)28-12)29-30(22,23)25-7-11-10(26-9(3)4)5-13(17)27-11;1-9(2)22-8-16(19)13(6-15(18)26-16)27-28(20,21)23-7-12-11(24-10(3)4)5-14(17)25-12;1-5(2)13-4-8-6(3-7(9)14-8)15-16(11,12)10-8;1-5(2)11-6-3-8(9)12-7(6)4-10/h9-15H,5-8H2,1-4H3,(H,22,23);8-16H,5-7H2,1-4H3,(H,22,23);9-15H,5-8,19H2,1-4H3,(H,20,21);5-7H,3-4H2,1-2H3,(H2,10,11,12);5-8,10H,3-4H2,1-2H3/p-4/t11-,12-,13-,14-,15-,16-;10-,11-,12-,13-,14?,15+,16-;11-,12-,13-,14-,15-,16-;2*6-,7-,8-/m11111/s1. The van der Waals surface area contributed by atoms with E-state index in [2.05, 4.69) is 25.1 Å². The number of hydrogen-bond acceptors (Lipinski definition) is 35. The molecule has 52 heteroatoms. The zero-order valence-corrected chi connectivity index (χ0v) is 72.3. The molecule has 0 aromatic heterocycles. The topological polar surface area (TPSA) is 529 Å². The Morgan fingerprint density at radius 1 is 0.491 bits per heavy atom. The predicted molar refractivity (Wildman–Crippen MR) is 413 cm³/mol. The molecule has 0 aliphatic carbocycles. The van der Waals surface area contributed by atoms with Crippen LogP contribution in [0, 0.1) is 0 Å². The molecule has 9 rings (SSSR count). The summed E-state index contributed by atoms with van der Waals surface area (Å²) < 4.78 is 172. The van der Waals surface area contributed by atoms with E-state index in [0.29, 0.717) is 32.1 Å². The lowest BCUT2D eigenvalue weighted by Crippen LogP contribution is -2.54. The summed E-state index contributed by atoms with van der Waals surface area (Å²) in [7, 11) is 27.4. The Bertz CT molecular complexity index is 3190. The molecule has 9 saturated heterocycles. The molecule has 648 valence electrons. The normalized spacial score (nSPS) is 38.3. The molecule has 0 saturated carbocycles. The molecule has 0 aromatic carbocycles. The van der Waals surface area contributed by atoms with Crippen LogP contribution in [-0.4, -0.2) is 320 Å². The monoisotopic (exact) mass is 1720 g/mol. The third-order valence-electron chi connectivity index (χ3n) is 17.7. The molecule has 9 aliphatic rings. The summed E-state index contributed by atoms with van der Waals surface area (Å²) >= 11 is 0. The maximum absolute atomic E-state index is 12.5. The second-order valence-corrected chi connectivity index (χ2v) is 36.4. The summed E-state index contributed by atoms with van der Waals surface area (Å²) in [6.45, 7) is 28.3. The number of azide groups is 2. The van der Waals surface area contributed by atoms with Crippen LogP contribution in [0.25, 0.3) is 20.9 Å². The Hall–Kier alpha value is -1.14. The fourth-order valence-electron chi connectivity index (χ4n) is 12.9. The zero-order chi connectivity index (χ0) is 87.2. The average molecular weight is 1720 g/mol. The Labute approximate surface area is 691 Å². The summed E-state index contributed by atoms with van der Waals surface area (Å²) in [6.07, 6.45) is -6.72. The highest BCUT2D eigenvalue weighted by Crippen LogP contribution is 2.53. The van der Waals surface area contributed by atoms with Gasteiger partial charge in [-0.2, -0.15) is 0 Å². The van der Waals surface area contributed by atoms with Crippen molar-refractivity contribution in [3.63, 3.8) is 0 Å². The molecule has 40 nitrogen and oxygen atoms in total. The Morgan fingerprint density at radius 3 is 1.30 bits per heavy atom. The molecular weight excluding hydrogens is 1600 g/mol. The summed E-state index contributed by atoms with van der Waals surface area (Å²) in [5.41, 5.74) is 19.5.